The van der Waals surface area contributed by atoms with E-state index in [4.69, 9.17) is 4.89 Å². The maximum Gasteiger partial charge on any atom is 0.161 e. The van der Waals surface area contributed by atoms with Gasteiger partial charge in [0.15, 0.2) is 5.78 Å². The molecule has 0 aliphatic heterocycles. The topological polar surface area (TPSA) is 63.6 Å². The van der Waals surface area contributed by atoms with Crippen molar-refractivity contribution in [2.45, 2.75) is 58.5 Å². The van der Waals surface area contributed by atoms with E-state index in [0.29, 0.717) is 30.5 Å². The zero-order valence-electron chi connectivity index (χ0n) is 14.0. The quantitative estimate of drug-likeness (QED) is 0.594. The molecule has 4 aliphatic carbocycles. The van der Waals surface area contributed by atoms with Gasteiger partial charge in [-0.25, -0.2) is 4.89 Å². The highest BCUT2D eigenvalue weighted by Crippen LogP contribution is 2.64. The Morgan fingerprint density at radius 2 is 2.00 bits per heavy atom. The lowest BCUT2D eigenvalue weighted by molar-refractivity contribution is -0.320. The Hall–Kier alpha value is -1.00. The summed E-state index contributed by atoms with van der Waals surface area (Å²) in [5, 5.41) is 9.48. The molecule has 3 fully saturated rings. The summed E-state index contributed by atoms with van der Waals surface area (Å²) in [7, 11) is 0. The van der Waals surface area contributed by atoms with E-state index in [-0.39, 0.29) is 34.6 Å². The van der Waals surface area contributed by atoms with Crippen LogP contribution in [0.5, 0.6) is 0 Å². The van der Waals surface area contributed by atoms with E-state index in [1.165, 1.54) is 0 Å². The predicted molar refractivity (Wildman–Crippen MR) is 84.5 cm³/mol. The molecule has 2 unspecified atom stereocenters. The third kappa shape index (κ3) is 1.97. The number of Topliss-reactive ketones (excluding diaryl/α,β-unsaturated/α-hetero) is 1. The van der Waals surface area contributed by atoms with Gasteiger partial charge in [0, 0.05) is 24.2 Å². The first-order chi connectivity index (χ1) is 10.9. The summed E-state index contributed by atoms with van der Waals surface area (Å²) in [5.41, 5.74) is -0.236. The first-order valence-electron chi connectivity index (χ1n) is 8.95. The minimum Gasteiger partial charge on any atom is -0.300 e. The molecule has 126 valence electrons. The molecule has 0 bridgehead atoms. The van der Waals surface area contributed by atoms with E-state index in [1.807, 2.05) is 0 Å². The first-order valence-corrected chi connectivity index (χ1v) is 8.95. The Bertz CT molecular complexity index is 582. The van der Waals surface area contributed by atoms with Crippen molar-refractivity contribution in [1.82, 2.24) is 0 Å². The van der Waals surface area contributed by atoms with Crippen LogP contribution in [0.4, 0.5) is 0 Å². The van der Waals surface area contributed by atoms with Crippen molar-refractivity contribution in [1.29, 1.82) is 0 Å². The van der Waals surface area contributed by atoms with Gasteiger partial charge in [0.1, 0.15) is 5.78 Å². The second-order valence-electron chi connectivity index (χ2n) is 8.71. The molecule has 0 spiro atoms. The van der Waals surface area contributed by atoms with E-state index in [2.05, 4.69) is 19.9 Å². The fourth-order valence-electron chi connectivity index (χ4n) is 6.45. The van der Waals surface area contributed by atoms with E-state index in [1.54, 1.807) is 6.08 Å². The fraction of sp³-hybridized carbons (Fsp3) is 0.789. The Labute approximate surface area is 137 Å². The third-order valence-electron chi connectivity index (χ3n) is 7.88. The summed E-state index contributed by atoms with van der Waals surface area (Å²) < 4.78 is 0. The van der Waals surface area contributed by atoms with Gasteiger partial charge in [-0.2, -0.15) is 0 Å². The lowest BCUT2D eigenvalue weighted by Gasteiger charge is -2.60. The van der Waals surface area contributed by atoms with Crippen LogP contribution in [0.1, 0.15) is 52.4 Å². The monoisotopic (exact) mass is 318 g/mol. The van der Waals surface area contributed by atoms with E-state index < -0.39 is 0 Å². The summed E-state index contributed by atoms with van der Waals surface area (Å²) in [6.07, 6.45) is 8.39. The van der Waals surface area contributed by atoms with Gasteiger partial charge in [0.25, 0.3) is 0 Å². The van der Waals surface area contributed by atoms with Crippen LogP contribution in [0.25, 0.3) is 0 Å². The molecule has 1 N–H and O–H groups in total. The van der Waals surface area contributed by atoms with Crippen molar-refractivity contribution >= 4 is 11.6 Å². The first kappa shape index (κ1) is 15.5. The van der Waals surface area contributed by atoms with Gasteiger partial charge in [0.05, 0.1) is 6.10 Å². The summed E-state index contributed by atoms with van der Waals surface area (Å²) in [6.45, 7) is 4.39. The maximum atomic E-state index is 12.3. The lowest BCUT2D eigenvalue weighted by atomic mass is 9.44. The molecule has 7 atom stereocenters. The number of fused-ring (bicyclic) bond motifs is 5. The van der Waals surface area contributed by atoms with Crippen LogP contribution in [0.2, 0.25) is 0 Å². The van der Waals surface area contributed by atoms with Crippen LogP contribution in [0.3, 0.4) is 0 Å². The molecule has 4 aliphatic rings. The van der Waals surface area contributed by atoms with Crippen molar-refractivity contribution in [3.05, 3.63) is 12.2 Å². The van der Waals surface area contributed by atoms with Gasteiger partial charge in [-0.1, -0.05) is 19.9 Å². The number of carbonyl (C=O) groups is 2. The number of hydrogen-bond donors (Lipinski definition) is 1. The largest absolute Gasteiger partial charge is 0.300 e. The Kier molecular flexibility index (Phi) is 3.37. The molecule has 0 aromatic carbocycles. The van der Waals surface area contributed by atoms with Crippen molar-refractivity contribution in [3.8, 4) is 0 Å². The Morgan fingerprint density at radius 3 is 2.74 bits per heavy atom. The molecular weight excluding hydrogens is 292 g/mol. The smallest absolute Gasteiger partial charge is 0.161 e. The third-order valence-corrected chi connectivity index (χ3v) is 7.88. The van der Waals surface area contributed by atoms with Crippen molar-refractivity contribution < 1.29 is 19.7 Å². The van der Waals surface area contributed by atoms with E-state index >= 15 is 0 Å². The standard InChI is InChI=1S/C19H26O4/c1-18-7-5-11(20)9-15(18)16(23-22)10-12-13-3-4-17(21)19(13,2)8-6-14(12)18/h3-4,12-16,22H,5-10H2,1-2H3/t12-,13-,14-,15?,16?,18+,19-/m0/s1. The van der Waals surface area contributed by atoms with Crippen LogP contribution in [-0.4, -0.2) is 22.9 Å². The van der Waals surface area contributed by atoms with Crippen molar-refractivity contribution in [2.24, 2.45) is 34.5 Å². The Balaban J connectivity index is 1.72. The molecule has 0 aromatic heterocycles. The van der Waals surface area contributed by atoms with Crippen LogP contribution >= 0.6 is 0 Å². The number of hydrogen-bond acceptors (Lipinski definition) is 4. The molecule has 0 amide bonds. The average Bonchev–Trinajstić information content (AvgIpc) is 2.83. The summed E-state index contributed by atoms with van der Waals surface area (Å²) in [4.78, 5) is 29.2. The molecule has 0 aromatic rings. The van der Waals surface area contributed by atoms with Crippen LogP contribution in [-0.2, 0) is 14.5 Å². The minimum absolute atomic E-state index is 0.0328. The van der Waals surface area contributed by atoms with Crippen LogP contribution in [0.15, 0.2) is 12.2 Å². The summed E-state index contributed by atoms with van der Waals surface area (Å²) >= 11 is 0. The second-order valence-corrected chi connectivity index (χ2v) is 8.71. The molecule has 0 radical (unpaired) electrons. The van der Waals surface area contributed by atoms with Gasteiger partial charge in [-0.05, 0) is 54.9 Å². The molecule has 0 saturated heterocycles. The van der Waals surface area contributed by atoms with Gasteiger partial charge in [0.2, 0.25) is 0 Å². The SMILES string of the molecule is C[C@]12CCC(=O)CC1C(OO)C[C@@H]1[C@@H]2CC[C@]2(C)C(=O)C=C[C@@H]12. The fourth-order valence-corrected chi connectivity index (χ4v) is 6.45. The highest BCUT2D eigenvalue weighted by atomic mass is 17.1. The molecule has 4 nitrogen and oxygen atoms in total. The maximum absolute atomic E-state index is 12.3. The molecule has 3 saturated carbocycles. The molecule has 4 rings (SSSR count). The number of carbonyl (C=O) groups excluding carboxylic acids is 2. The molecule has 0 heterocycles. The van der Waals surface area contributed by atoms with Gasteiger partial charge in [-0.15, -0.1) is 0 Å². The number of allylic oxidation sites excluding steroid dienone is 2. The van der Waals surface area contributed by atoms with Crippen LogP contribution < -0.4 is 0 Å². The van der Waals surface area contributed by atoms with E-state index in [9.17, 15) is 14.8 Å². The van der Waals surface area contributed by atoms with Gasteiger partial charge in [-0.3, -0.25) is 14.8 Å². The molecule has 23 heavy (non-hydrogen) atoms. The normalized spacial score (nSPS) is 52.0. The number of ketones is 2. The average molecular weight is 318 g/mol. The zero-order valence-corrected chi connectivity index (χ0v) is 14.0. The van der Waals surface area contributed by atoms with Crippen LogP contribution in [0, 0.1) is 34.5 Å². The highest BCUT2D eigenvalue weighted by Gasteiger charge is 2.61. The minimum atomic E-state index is -0.281. The van der Waals surface area contributed by atoms with Gasteiger partial charge < -0.3 is 0 Å². The lowest BCUT2D eigenvalue weighted by Crippen LogP contribution is -2.58. The van der Waals surface area contributed by atoms with E-state index in [0.717, 1.165) is 25.7 Å². The van der Waals surface area contributed by atoms with Crippen molar-refractivity contribution in [2.75, 3.05) is 0 Å². The van der Waals surface area contributed by atoms with Gasteiger partial charge >= 0.3 is 0 Å². The number of rotatable bonds is 1. The second kappa shape index (κ2) is 5.00. The molecular formula is C19H26O4. The molecule has 4 heteroatoms. The highest BCUT2D eigenvalue weighted by molar-refractivity contribution is 5.97. The Morgan fingerprint density at radius 1 is 1.22 bits per heavy atom. The van der Waals surface area contributed by atoms with Crippen molar-refractivity contribution in [3.63, 3.8) is 0 Å². The summed E-state index contributed by atoms with van der Waals surface area (Å²) in [6, 6.07) is 0. The predicted octanol–water partition coefficient (Wildman–Crippen LogP) is 3.41. The zero-order chi connectivity index (χ0) is 16.4. The summed E-state index contributed by atoms with van der Waals surface area (Å²) in [5.74, 6) is 1.80.